The molecule has 2 saturated carbocycles. The monoisotopic (exact) mass is 638 g/mol. The van der Waals surface area contributed by atoms with Gasteiger partial charge in [0.2, 0.25) is 5.91 Å². The van der Waals surface area contributed by atoms with Gasteiger partial charge in [-0.1, -0.05) is 32.4 Å². The molecule has 6 N–H and O–H groups in total. The van der Waals surface area contributed by atoms with Crippen LogP contribution in [-0.2, 0) is 31.0 Å². The number of ketones is 4. The summed E-state index contributed by atoms with van der Waals surface area (Å²) in [4.78, 5) is 80.4. The van der Waals surface area contributed by atoms with E-state index in [1.165, 1.54) is 6.07 Å². The Morgan fingerprint density at radius 1 is 1.02 bits per heavy atom. The maximum Gasteiger partial charge on any atom is 0.323 e. The predicted molar refractivity (Wildman–Crippen MR) is 166 cm³/mol. The van der Waals surface area contributed by atoms with Gasteiger partial charge in [0.25, 0.3) is 0 Å². The number of amides is 3. The number of halogens is 1. The van der Waals surface area contributed by atoms with E-state index in [-0.39, 0.29) is 29.5 Å². The number of hydrogen-bond donors (Lipinski definition) is 5. The van der Waals surface area contributed by atoms with Crippen LogP contribution >= 0.6 is 11.6 Å². The lowest BCUT2D eigenvalue weighted by Gasteiger charge is -2.48. The molecule has 0 aliphatic heterocycles. The van der Waals surface area contributed by atoms with Gasteiger partial charge in [-0.15, -0.1) is 0 Å². The molecule has 2 aromatic rings. The third kappa shape index (κ3) is 5.15. The van der Waals surface area contributed by atoms with E-state index in [4.69, 9.17) is 17.3 Å². The SMILES string of the molecule is CN(C)c1cc(NC(=O)Nc2ccc(Cl)cc2C(C)(C)C)c(O)c2c1C[C@H]1C[C@H]3CC(=O)C(C(N)=O)C(=O)[C@@]3(O)C(=O)C1C2=O. The first kappa shape index (κ1) is 32.1. The van der Waals surface area contributed by atoms with Crippen molar-refractivity contribution < 1.29 is 39.0 Å². The number of benzene rings is 2. The van der Waals surface area contributed by atoms with Crippen LogP contribution in [0, 0.1) is 23.7 Å². The van der Waals surface area contributed by atoms with Gasteiger partial charge in [-0.2, -0.15) is 0 Å². The smallest absolute Gasteiger partial charge is 0.323 e. The van der Waals surface area contributed by atoms with Crippen LogP contribution in [0.3, 0.4) is 0 Å². The minimum absolute atomic E-state index is 0.0196. The normalized spacial score (nSPS) is 26.0. The highest BCUT2D eigenvalue weighted by atomic mass is 35.5. The number of hydrogen-bond acceptors (Lipinski definition) is 9. The van der Waals surface area contributed by atoms with Crippen molar-refractivity contribution in [2.45, 2.75) is 51.0 Å². The molecule has 0 heterocycles. The van der Waals surface area contributed by atoms with Gasteiger partial charge < -0.3 is 31.5 Å². The fourth-order valence-electron chi connectivity index (χ4n) is 7.03. The number of phenols is 1. The summed E-state index contributed by atoms with van der Waals surface area (Å²) in [6.07, 6.45) is -0.326. The molecule has 0 spiro atoms. The van der Waals surface area contributed by atoms with Crippen molar-refractivity contribution in [3.8, 4) is 5.75 Å². The van der Waals surface area contributed by atoms with Crippen molar-refractivity contribution in [3.63, 3.8) is 0 Å². The Bertz CT molecular complexity index is 1700. The zero-order valence-electron chi connectivity index (χ0n) is 25.5. The van der Waals surface area contributed by atoms with Crippen LogP contribution in [0.1, 0.15) is 55.1 Å². The number of carbonyl (C=O) groups is 6. The highest BCUT2D eigenvalue weighted by Crippen LogP contribution is 2.52. The molecule has 5 atom stereocenters. The van der Waals surface area contributed by atoms with Gasteiger partial charge in [-0.3, -0.25) is 24.0 Å². The molecule has 2 aromatic carbocycles. The van der Waals surface area contributed by atoms with Crippen molar-refractivity contribution in [3.05, 3.63) is 46.0 Å². The predicted octanol–water partition coefficient (Wildman–Crippen LogP) is 2.99. The Labute approximate surface area is 264 Å². The summed E-state index contributed by atoms with van der Waals surface area (Å²) in [7, 11) is 3.42. The van der Waals surface area contributed by atoms with Gasteiger partial charge in [0.1, 0.15) is 5.75 Å². The fourth-order valence-corrected chi connectivity index (χ4v) is 7.20. The lowest BCUT2D eigenvalue weighted by Crippen LogP contribution is -2.68. The van der Waals surface area contributed by atoms with E-state index in [9.17, 15) is 39.0 Å². The third-order valence-electron chi connectivity index (χ3n) is 9.15. The van der Waals surface area contributed by atoms with Gasteiger partial charge in [0.15, 0.2) is 34.7 Å². The molecule has 5 rings (SSSR count). The minimum Gasteiger partial charge on any atom is -0.505 e. The first-order valence-corrected chi connectivity index (χ1v) is 14.9. The van der Waals surface area contributed by atoms with Crippen molar-refractivity contribution in [2.75, 3.05) is 29.6 Å². The number of nitrogens with zero attached hydrogens (tertiary/aromatic N) is 1. The Balaban J connectivity index is 1.52. The molecule has 0 saturated heterocycles. The van der Waals surface area contributed by atoms with Gasteiger partial charge in [-0.25, -0.2) is 4.79 Å². The average molecular weight is 639 g/mol. The van der Waals surface area contributed by atoms with E-state index in [1.807, 2.05) is 20.8 Å². The number of rotatable bonds is 4. The molecule has 2 fully saturated rings. The molecule has 2 unspecified atom stereocenters. The van der Waals surface area contributed by atoms with Gasteiger partial charge in [-0.05, 0) is 59.6 Å². The fraction of sp³-hybridized carbons (Fsp3) is 0.438. The number of urea groups is 1. The van der Waals surface area contributed by atoms with Crippen LogP contribution in [0.2, 0.25) is 5.02 Å². The Morgan fingerprint density at radius 2 is 1.67 bits per heavy atom. The summed E-state index contributed by atoms with van der Waals surface area (Å²) in [5.74, 6) is -11.2. The first-order valence-electron chi connectivity index (χ1n) is 14.5. The van der Waals surface area contributed by atoms with Crippen molar-refractivity contribution >= 4 is 63.7 Å². The number of nitrogens with one attached hydrogen (secondary N) is 2. The maximum atomic E-state index is 14.1. The standard InChI is InChI=1S/C32H35ClN4O8/c1-31(2,3)17-11-15(33)6-7-18(17)35-30(44)36-19-12-20(37(4)5)16-9-13-8-14-10-21(38)24(29(34)43)28(42)32(14,45)27(41)22(13)26(40)23(16)25(19)39/h6-7,11-14,22,24,39,45H,8-10H2,1-5H3,(H2,34,43)(H2,35,36,44)/t13-,14+,22?,24?,32+/m1/s1. The molecule has 3 aliphatic rings. The average Bonchev–Trinajstić information content (AvgIpc) is 2.92. The summed E-state index contributed by atoms with van der Waals surface area (Å²) in [6, 6.07) is 5.81. The molecule has 238 valence electrons. The van der Waals surface area contributed by atoms with E-state index in [2.05, 4.69) is 10.6 Å². The second-order valence-electron chi connectivity index (χ2n) is 13.3. The number of aromatic hydroxyl groups is 1. The van der Waals surface area contributed by atoms with E-state index >= 15 is 0 Å². The number of Topliss-reactive ketones (excluding diaryl/α,β-unsaturated/α-hetero) is 4. The highest BCUT2D eigenvalue weighted by Gasteiger charge is 2.66. The van der Waals surface area contributed by atoms with E-state index in [1.54, 1.807) is 37.2 Å². The molecule has 0 aromatic heterocycles. The van der Waals surface area contributed by atoms with Crippen LogP contribution in [0.25, 0.3) is 0 Å². The molecular formula is C32H35ClN4O8. The quantitative estimate of drug-likeness (QED) is 0.247. The Hall–Kier alpha value is -4.29. The van der Waals surface area contributed by atoms with Crippen molar-refractivity contribution in [1.82, 2.24) is 0 Å². The maximum absolute atomic E-state index is 14.1. The van der Waals surface area contributed by atoms with E-state index < -0.39 is 76.5 Å². The number of fused-ring (bicyclic) bond motifs is 3. The van der Waals surface area contributed by atoms with Crippen LogP contribution in [0.5, 0.6) is 5.75 Å². The summed E-state index contributed by atoms with van der Waals surface area (Å²) < 4.78 is 0. The summed E-state index contributed by atoms with van der Waals surface area (Å²) >= 11 is 6.19. The van der Waals surface area contributed by atoms with E-state index in [0.717, 1.165) is 5.56 Å². The Morgan fingerprint density at radius 3 is 2.27 bits per heavy atom. The highest BCUT2D eigenvalue weighted by molar-refractivity contribution is 6.32. The number of aliphatic hydroxyl groups is 1. The molecule has 13 heteroatoms. The Kier molecular flexibility index (Phi) is 7.82. The summed E-state index contributed by atoms with van der Waals surface area (Å²) in [5.41, 5.74) is 3.95. The first-order chi connectivity index (χ1) is 20.9. The van der Waals surface area contributed by atoms with Crippen LogP contribution in [-0.4, -0.2) is 65.0 Å². The van der Waals surface area contributed by atoms with Crippen LogP contribution in [0.4, 0.5) is 21.9 Å². The lowest BCUT2D eigenvalue weighted by atomic mass is 9.53. The molecule has 12 nitrogen and oxygen atoms in total. The molecule has 0 bridgehead atoms. The number of carbonyl (C=O) groups excluding carboxylic acids is 6. The lowest BCUT2D eigenvalue weighted by molar-refractivity contribution is -0.175. The second-order valence-corrected chi connectivity index (χ2v) is 13.7. The molecule has 3 aliphatic carbocycles. The summed E-state index contributed by atoms with van der Waals surface area (Å²) in [5, 5.41) is 28.7. The van der Waals surface area contributed by atoms with Crippen LogP contribution in [0.15, 0.2) is 24.3 Å². The van der Waals surface area contributed by atoms with Crippen molar-refractivity contribution in [2.24, 2.45) is 29.4 Å². The number of primary amides is 1. The molecule has 45 heavy (non-hydrogen) atoms. The number of phenolic OH excluding ortho intramolecular Hbond substituents is 1. The minimum atomic E-state index is -2.75. The zero-order chi connectivity index (χ0) is 33.3. The number of anilines is 3. The zero-order valence-corrected chi connectivity index (χ0v) is 26.2. The second kappa shape index (κ2) is 11.0. The molecule has 3 amide bonds. The number of nitrogens with two attached hydrogens (primary N) is 1. The topological polar surface area (TPSA) is 196 Å². The van der Waals surface area contributed by atoms with Crippen LogP contribution < -0.4 is 21.3 Å². The largest absolute Gasteiger partial charge is 0.505 e. The van der Waals surface area contributed by atoms with Gasteiger partial charge >= 0.3 is 6.03 Å². The van der Waals surface area contributed by atoms with Gasteiger partial charge in [0, 0.05) is 42.8 Å². The molecular weight excluding hydrogens is 604 g/mol. The molecule has 0 radical (unpaired) electrons. The van der Waals surface area contributed by atoms with Crippen molar-refractivity contribution in [1.29, 1.82) is 0 Å². The summed E-state index contributed by atoms with van der Waals surface area (Å²) in [6.45, 7) is 5.87. The van der Waals surface area contributed by atoms with Gasteiger partial charge in [0.05, 0.1) is 17.2 Å². The van der Waals surface area contributed by atoms with E-state index in [0.29, 0.717) is 22.0 Å². The third-order valence-corrected chi connectivity index (χ3v) is 9.38.